The summed E-state index contributed by atoms with van der Waals surface area (Å²) >= 11 is 0. The average molecular weight is 857 g/mol. The quantitative estimate of drug-likeness (QED) is 0.237. The first kappa shape index (κ1) is 42.8. The molecular weight excluding hydrogens is 803 g/mol. The Kier molecular flexibility index (Phi) is 12.6. The van der Waals surface area contributed by atoms with Gasteiger partial charge >= 0.3 is 5.92 Å². The van der Waals surface area contributed by atoms with Crippen molar-refractivity contribution in [2.24, 2.45) is 0 Å². The molecule has 4 fully saturated rings. The molecule has 16 nitrogen and oxygen atoms in total. The number of piperazine rings is 1. The third kappa shape index (κ3) is 9.29. The zero-order valence-electron chi connectivity index (χ0n) is 35.2. The van der Waals surface area contributed by atoms with Crippen LogP contribution in [0, 0.1) is 0 Å². The molecule has 18 heteroatoms. The van der Waals surface area contributed by atoms with Gasteiger partial charge in [0.25, 0.3) is 11.8 Å². The van der Waals surface area contributed by atoms with Crippen molar-refractivity contribution in [3.8, 4) is 5.75 Å². The van der Waals surface area contributed by atoms with Crippen molar-refractivity contribution in [1.82, 2.24) is 30.4 Å². The third-order valence-corrected chi connectivity index (χ3v) is 12.9. The fourth-order valence-corrected chi connectivity index (χ4v) is 9.29. The second-order valence-electron chi connectivity index (χ2n) is 16.9. The maximum atomic E-state index is 15.0. The van der Waals surface area contributed by atoms with Crippen molar-refractivity contribution < 1.29 is 37.5 Å². The number of amides is 5. The Bertz CT molecular complexity index is 2190. The molecule has 1 saturated carbocycles. The number of aromatic nitrogens is 2. The van der Waals surface area contributed by atoms with Crippen LogP contribution in [0.2, 0.25) is 0 Å². The first-order chi connectivity index (χ1) is 29.9. The molecule has 5 amide bonds. The average Bonchev–Trinajstić information content (AvgIpc) is 3.81. The van der Waals surface area contributed by atoms with Crippen LogP contribution >= 0.6 is 0 Å². The van der Waals surface area contributed by atoms with Crippen LogP contribution in [-0.4, -0.2) is 134 Å². The highest BCUT2D eigenvalue weighted by Crippen LogP contribution is 2.40. The lowest BCUT2D eigenvalue weighted by Crippen LogP contribution is -2.49. The predicted molar refractivity (Wildman–Crippen MR) is 228 cm³/mol. The van der Waals surface area contributed by atoms with Gasteiger partial charge < -0.3 is 35.0 Å². The van der Waals surface area contributed by atoms with Gasteiger partial charge in [0, 0.05) is 89.0 Å². The summed E-state index contributed by atoms with van der Waals surface area (Å²) in [6.07, 6.45) is 7.19. The number of piperidine rings is 2. The van der Waals surface area contributed by atoms with Gasteiger partial charge in [-0.05, 0) is 68.0 Å². The third-order valence-electron chi connectivity index (χ3n) is 12.9. The van der Waals surface area contributed by atoms with Gasteiger partial charge in [-0.1, -0.05) is 25.0 Å². The molecule has 3 aromatic rings. The van der Waals surface area contributed by atoms with Crippen LogP contribution in [0.3, 0.4) is 0 Å². The summed E-state index contributed by atoms with van der Waals surface area (Å²) < 4.78 is 35.7. The van der Waals surface area contributed by atoms with Gasteiger partial charge in [-0.15, -0.1) is 0 Å². The number of halogens is 2. The van der Waals surface area contributed by atoms with Crippen LogP contribution in [-0.2, 0) is 19.2 Å². The number of hydrogen-bond acceptors (Lipinski definition) is 12. The number of nitrogens with zero attached hydrogens (tertiary/aromatic N) is 7. The molecule has 4 aliphatic heterocycles. The normalized spacial score (nSPS) is 21.4. The lowest BCUT2D eigenvalue weighted by atomic mass is 9.90. The molecule has 3 saturated heterocycles. The summed E-state index contributed by atoms with van der Waals surface area (Å²) in [7, 11) is 2.78. The van der Waals surface area contributed by atoms with E-state index in [9.17, 15) is 24.0 Å². The van der Waals surface area contributed by atoms with Crippen molar-refractivity contribution in [3.63, 3.8) is 0 Å². The van der Waals surface area contributed by atoms with Gasteiger partial charge in [0.1, 0.15) is 11.4 Å². The van der Waals surface area contributed by atoms with Crippen LogP contribution in [0.5, 0.6) is 5.75 Å². The first-order valence-corrected chi connectivity index (χ1v) is 21.6. The zero-order chi connectivity index (χ0) is 43.5. The topological polar surface area (TPSA) is 173 Å². The van der Waals surface area contributed by atoms with E-state index in [1.807, 2.05) is 23.1 Å². The van der Waals surface area contributed by atoms with Crippen molar-refractivity contribution in [2.45, 2.75) is 81.7 Å². The number of fused-ring (bicyclic) bond motifs is 1. The highest BCUT2D eigenvalue weighted by Gasteiger charge is 2.49. The number of carbonyl (C=O) groups is 5. The monoisotopic (exact) mass is 856 g/mol. The molecule has 1 aliphatic carbocycles. The Labute approximate surface area is 359 Å². The zero-order valence-corrected chi connectivity index (χ0v) is 35.2. The minimum absolute atomic E-state index is 0.102. The summed E-state index contributed by atoms with van der Waals surface area (Å²) in [5, 5.41) is 8.66. The fourth-order valence-electron chi connectivity index (χ4n) is 9.29. The summed E-state index contributed by atoms with van der Waals surface area (Å²) in [5.74, 6) is -5.10. The van der Waals surface area contributed by atoms with E-state index in [-0.39, 0.29) is 59.1 Å². The predicted octanol–water partition coefficient (Wildman–Crippen LogP) is 4.04. The van der Waals surface area contributed by atoms with Crippen LogP contribution in [0.4, 0.5) is 37.6 Å². The van der Waals surface area contributed by atoms with Gasteiger partial charge in [0.2, 0.25) is 23.7 Å². The second-order valence-corrected chi connectivity index (χ2v) is 16.9. The molecule has 2 aromatic carbocycles. The largest absolute Gasteiger partial charge is 0.495 e. The number of benzene rings is 2. The molecule has 0 bridgehead atoms. The van der Waals surface area contributed by atoms with E-state index in [1.54, 1.807) is 23.1 Å². The molecule has 1 atom stereocenters. The summed E-state index contributed by atoms with van der Waals surface area (Å²) in [6, 6.07) is 12.7. The minimum atomic E-state index is -3.58. The molecule has 330 valence electrons. The number of ether oxygens (including phenoxy) is 1. The summed E-state index contributed by atoms with van der Waals surface area (Å²) in [5.41, 5.74) is 3.02. The molecule has 5 aliphatic rings. The number of nitrogens with one attached hydrogen (secondary N) is 3. The van der Waals surface area contributed by atoms with Gasteiger partial charge in [-0.25, -0.2) is 4.98 Å². The molecule has 62 heavy (non-hydrogen) atoms. The number of likely N-dealkylation sites (tertiary alicyclic amines) is 1. The van der Waals surface area contributed by atoms with E-state index in [2.05, 4.69) is 41.8 Å². The van der Waals surface area contributed by atoms with E-state index in [0.717, 1.165) is 68.0 Å². The van der Waals surface area contributed by atoms with Crippen molar-refractivity contribution in [3.05, 3.63) is 59.8 Å². The molecule has 1 aromatic heterocycles. The molecule has 3 N–H and O–H groups in total. The first-order valence-electron chi connectivity index (χ1n) is 21.6. The molecule has 0 radical (unpaired) electrons. The highest BCUT2D eigenvalue weighted by atomic mass is 19.3. The van der Waals surface area contributed by atoms with Crippen LogP contribution < -0.4 is 35.4 Å². The lowest BCUT2D eigenvalue weighted by Gasteiger charge is -2.37. The number of carbonyl (C=O) groups excluding carboxylic acids is 5. The summed E-state index contributed by atoms with van der Waals surface area (Å²) in [4.78, 5) is 81.2. The Morgan fingerprint density at radius 3 is 2.44 bits per heavy atom. The van der Waals surface area contributed by atoms with Gasteiger partial charge in [-0.3, -0.25) is 34.2 Å². The minimum Gasteiger partial charge on any atom is -0.495 e. The van der Waals surface area contributed by atoms with Crippen LogP contribution in [0.15, 0.2) is 48.7 Å². The maximum Gasteiger partial charge on any atom is 0.342 e. The second kappa shape index (κ2) is 18.2. The summed E-state index contributed by atoms with van der Waals surface area (Å²) in [6.45, 7) is 4.25. The highest BCUT2D eigenvalue weighted by molar-refractivity contribution is 6.02. The fraction of sp³-hybridized carbons (Fsp3) is 0.523. The number of anilines is 5. The lowest BCUT2D eigenvalue weighted by molar-refractivity contribution is -0.140. The Hall–Kier alpha value is -5.91. The van der Waals surface area contributed by atoms with Gasteiger partial charge in [0.05, 0.1) is 31.5 Å². The Balaban J connectivity index is 0.801. The maximum absolute atomic E-state index is 15.0. The molecule has 0 spiro atoms. The van der Waals surface area contributed by atoms with Gasteiger partial charge in [0.15, 0.2) is 5.82 Å². The van der Waals surface area contributed by atoms with E-state index in [4.69, 9.17) is 4.74 Å². The number of alkyl halides is 2. The molecule has 1 unspecified atom stereocenters. The number of methoxy groups -OCH3 is 1. The SMILES string of the molecule is COc1cc(C(=O)NC2CCN(C(=O)CCN3CCN(c4cccc(C5CCC(=O)NC5=O)c4)CC3)CC2)ccc1Nc1ncc2c(n1)N(C1CCCC1)CC(F)(F)C(=O)N2C. The Morgan fingerprint density at radius 2 is 1.71 bits per heavy atom. The van der Waals surface area contributed by atoms with Crippen molar-refractivity contribution in [1.29, 1.82) is 0 Å². The molecule has 5 heterocycles. The number of imide groups is 1. The van der Waals surface area contributed by atoms with Crippen molar-refractivity contribution in [2.75, 3.05) is 86.5 Å². The van der Waals surface area contributed by atoms with E-state index < -0.39 is 18.4 Å². The molecule has 8 rings (SSSR count). The van der Waals surface area contributed by atoms with Crippen LogP contribution in [0.1, 0.15) is 79.6 Å². The number of hydrogen-bond donors (Lipinski definition) is 3. The van der Waals surface area contributed by atoms with E-state index >= 15 is 8.78 Å². The molecular formula is C44H54F2N10O6. The van der Waals surface area contributed by atoms with E-state index in [1.165, 1.54) is 20.4 Å². The number of rotatable bonds is 11. The smallest absolute Gasteiger partial charge is 0.342 e. The van der Waals surface area contributed by atoms with Crippen LogP contribution in [0.25, 0.3) is 0 Å². The van der Waals surface area contributed by atoms with Gasteiger partial charge in [-0.2, -0.15) is 13.8 Å². The van der Waals surface area contributed by atoms with Crippen molar-refractivity contribution >= 4 is 58.4 Å². The Morgan fingerprint density at radius 1 is 0.952 bits per heavy atom. The van der Waals surface area contributed by atoms with E-state index in [0.29, 0.717) is 68.7 Å². The standard InChI is InChI=1S/C44H54F2N10O6/c1-52-35-26-47-43(51-39(35)56(31-7-3-4-8-31)27-44(45,46)42(52)61)49-34-12-10-29(25-36(34)62-2)40(59)48-30-14-18-55(19-15-30)38(58)16-17-53-20-22-54(23-21-53)32-9-5-6-28(24-32)33-11-13-37(57)50-41(33)60/h5-6,9-10,12,24-26,30-31,33H,3-4,7-8,11,13-23,27H2,1-2H3,(H,48,59)(H,47,49,51)(H,50,57,60).